The van der Waals surface area contributed by atoms with E-state index in [1.807, 2.05) is 24.5 Å². The molecule has 0 fully saturated rings. The minimum atomic E-state index is 0.132. The summed E-state index contributed by atoms with van der Waals surface area (Å²) in [7, 11) is 0. The summed E-state index contributed by atoms with van der Waals surface area (Å²) in [6.07, 6.45) is 3.81. The van der Waals surface area contributed by atoms with E-state index in [2.05, 4.69) is 23.4 Å². The van der Waals surface area contributed by atoms with Crippen molar-refractivity contribution in [1.82, 2.24) is 9.55 Å². The standard InChI is InChI=1S/C12H16ClN3S/c1-8(2)12-15-5-6-16(12)9(7-14)10-3-4-11(13)17-10/h3-6,8-9H,7,14H2,1-2H3. The first kappa shape index (κ1) is 12.6. The molecular formula is C12H16ClN3S. The van der Waals surface area contributed by atoms with Crippen molar-refractivity contribution < 1.29 is 0 Å². The zero-order valence-electron chi connectivity index (χ0n) is 9.93. The Labute approximate surface area is 110 Å². The summed E-state index contributed by atoms with van der Waals surface area (Å²) >= 11 is 7.55. The van der Waals surface area contributed by atoms with Gasteiger partial charge in [0.15, 0.2) is 0 Å². The van der Waals surface area contributed by atoms with Crippen LogP contribution in [-0.2, 0) is 0 Å². The summed E-state index contributed by atoms with van der Waals surface area (Å²) in [5, 5.41) is 0. The van der Waals surface area contributed by atoms with Gasteiger partial charge in [-0.15, -0.1) is 11.3 Å². The minimum Gasteiger partial charge on any atom is -0.328 e. The monoisotopic (exact) mass is 269 g/mol. The summed E-state index contributed by atoms with van der Waals surface area (Å²) in [5.41, 5.74) is 5.89. The Morgan fingerprint density at radius 2 is 2.24 bits per heavy atom. The Morgan fingerprint density at radius 1 is 1.47 bits per heavy atom. The van der Waals surface area contributed by atoms with Gasteiger partial charge < -0.3 is 10.3 Å². The first-order valence-corrected chi connectivity index (χ1v) is 6.81. The van der Waals surface area contributed by atoms with Crippen LogP contribution in [0.1, 0.15) is 36.5 Å². The molecule has 0 radical (unpaired) electrons. The van der Waals surface area contributed by atoms with Crippen LogP contribution in [0.25, 0.3) is 0 Å². The van der Waals surface area contributed by atoms with Crippen LogP contribution in [-0.4, -0.2) is 16.1 Å². The lowest BCUT2D eigenvalue weighted by Gasteiger charge is -2.19. The van der Waals surface area contributed by atoms with E-state index in [1.165, 1.54) is 4.88 Å². The highest BCUT2D eigenvalue weighted by atomic mass is 35.5. The topological polar surface area (TPSA) is 43.8 Å². The maximum absolute atomic E-state index is 5.98. The van der Waals surface area contributed by atoms with Crippen LogP contribution in [0.4, 0.5) is 0 Å². The van der Waals surface area contributed by atoms with Crippen molar-refractivity contribution in [3.63, 3.8) is 0 Å². The number of thiophene rings is 1. The number of hydrogen-bond donors (Lipinski definition) is 1. The van der Waals surface area contributed by atoms with Gasteiger partial charge in [0.1, 0.15) is 5.82 Å². The summed E-state index contributed by atoms with van der Waals surface area (Å²) < 4.78 is 2.94. The molecule has 5 heteroatoms. The van der Waals surface area contributed by atoms with Crippen molar-refractivity contribution in [2.75, 3.05) is 6.54 Å². The molecule has 17 heavy (non-hydrogen) atoms. The maximum atomic E-state index is 5.98. The molecule has 0 aliphatic rings. The highest BCUT2D eigenvalue weighted by Crippen LogP contribution is 2.30. The van der Waals surface area contributed by atoms with Gasteiger partial charge in [-0.3, -0.25) is 0 Å². The van der Waals surface area contributed by atoms with Gasteiger partial charge in [-0.2, -0.15) is 0 Å². The Hall–Kier alpha value is -0.840. The maximum Gasteiger partial charge on any atom is 0.111 e. The van der Waals surface area contributed by atoms with E-state index in [0.29, 0.717) is 12.5 Å². The fourth-order valence-electron chi connectivity index (χ4n) is 1.91. The Kier molecular flexibility index (Phi) is 3.86. The molecule has 1 unspecified atom stereocenters. The number of nitrogens with two attached hydrogens (primary N) is 1. The molecule has 2 aromatic heterocycles. The second-order valence-electron chi connectivity index (χ2n) is 4.24. The molecule has 0 aromatic carbocycles. The van der Waals surface area contributed by atoms with Gasteiger partial charge in [-0.25, -0.2) is 4.98 Å². The largest absolute Gasteiger partial charge is 0.328 e. The Balaban J connectivity index is 2.38. The van der Waals surface area contributed by atoms with Gasteiger partial charge in [0.2, 0.25) is 0 Å². The van der Waals surface area contributed by atoms with Gasteiger partial charge in [-0.05, 0) is 12.1 Å². The Morgan fingerprint density at radius 3 is 2.76 bits per heavy atom. The molecule has 2 heterocycles. The average molecular weight is 270 g/mol. The normalized spacial score (nSPS) is 13.2. The van der Waals surface area contributed by atoms with Crippen molar-refractivity contribution in [2.45, 2.75) is 25.8 Å². The highest BCUT2D eigenvalue weighted by Gasteiger charge is 2.18. The first-order chi connectivity index (χ1) is 8.13. The zero-order chi connectivity index (χ0) is 12.4. The summed E-state index contributed by atoms with van der Waals surface area (Å²) in [4.78, 5) is 5.57. The lowest BCUT2D eigenvalue weighted by molar-refractivity contribution is 0.555. The van der Waals surface area contributed by atoms with Crippen molar-refractivity contribution in [2.24, 2.45) is 5.73 Å². The van der Waals surface area contributed by atoms with E-state index in [4.69, 9.17) is 17.3 Å². The fraction of sp³-hybridized carbons (Fsp3) is 0.417. The lowest BCUT2D eigenvalue weighted by atomic mass is 10.1. The highest BCUT2D eigenvalue weighted by molar-refractivity contribution is 7.16. The molecular weight excluding hydrogens is 254 g/mol. The van der Waals surface area contributed by atoms with Crippen molar-refractivity contribution in [3.8, 4) is 0 Å². The molecule has 0 saturated heterocycles. The molecule has 0 aliphatic carbocycles. The molecule has 2 aromatic rings. The van der Waals surface area contributed by atoms with Gasteiger partial charge in [-0.1, -0.05) is 25.4 Å². The van der Waals surface area contributed by atoms with Crippen LogP contribution in [0.15, 0.2) is 24.5 Å². The molecule has 0 spiro atoms. The van der Waals surface area contributed by atoms with Gasteiger partial charge in [0.25, 0.3) is 0 Å². The van der Waals surface area contributed by atoms with Crippen molar-refractivity contribution >= 4 is 22.9 Å². The van der Waals surface area contributed by atoms with E-state index in [-0.39, 0.29) is 6.04 Å². The average Bonchev–Trinajstić information content (AvgIpc) is 2.89. The third kappa shape index (κ3) is 2.54. The van der Waals surface area contributed by atoms with Crippen LogP contribution in [0, 0.1) is 0 Å². The third-order valence-electron chi connectivity index (χ3n) is 2.70. The van der Waals surface area contributed by atoms with Gasteiger partial charge in [0.05, 0.1) is 10.4 Å². The Bertz CT molecular complexity index is 489. The second kappa shape index (κ2) is 5.21. The van der Waals surface area contributed by atoms with Gasteiger partial charge in [0, 0.05) is 29.7 Å². The molecule has 0 amide bonds. The second-order valence-corrected chi connectivity index (χ2v) is 5.99. The van der Waals surface area contributed by atoms with Crippen LogP contribution < -0.4 is 5.73 Å². The fourth-order valence-corrected chi connectivity index (χ4v) is 3.08. The predicted octanol–water partition coefficient (Wildman–Crippen LogP) is 3.27. The van der Waals surface area contributed by atoms with Crippen LogP contribution >= 0.6 is 22.9 Å². The minimum absolute atomic E-state index is 0.132. The number of halogens is 1. The number of hydrogen-bond acceptors (Lipinski definition) is 3. The van der Waals surface area contributed by atoms with E-state index in [0.717, 1.165) is 10.2 Å². The van der Waals surface area contributed by atoms with Crippen LogP contribution in [0.2, 0.25) is 4.34 Å². The van der Waals surface area contributed by atoms with Crippen LogP contribution in [0.3, 0.4) is 0 Å². The SMILES string of the molecule is CC(C)c1nccn1C(CN)c1ccc(Cl)s1. The number of imidazole rings is 1. The number of nitrogens with zero attached hydrogens (tertiary/aromatic N) is 2. The van der Waals surface area contributed by atoms with Crippen LogP contribution in [0.5, 0.6) is 0 Å². The van der Waals surface area contributed by atoms with Gasteiger partial charge >= 0.3 is 0 Å². The summed E-state index contributed by atoms with van der Waals surface area (Å²) in [6.45, 7) is 4.81. The molecule has 92 valence electrons. The van der Waals surface area contributed by atoms with E-state index in [1.54, 1.807) is 11.3 Å². The molecule has 0 bridgehead atoms. The van der Waals surface area contributed by atoms with Crippen molar-refractivity contribution in [3.05, 3.63) is 39.6 Å². The zero-order valence-corrected chi connectivity index (χ0v) is 11.5. The molecule has 0 aliphatic heterocycles. The first-order valence-electron chi connectivity index (χ1n) is 5.61. The summed E-state index contributed by atoms with van der Waals surface area (Å²) in [6, 6.07) is 4.08. The van der Waals surface area contributed by atoms with Crippen molar-refractivity contribution in [1.29, 1.82) is 0 Å². The molecule has 0 saturated carbocycles. The lowest BCUT2D eigenvalue weighted by Crippen LogP contribution is -2.21. The molecule has 2 N–H and O–H groups in total. The number of aromatic nitrogens is 2. The number of rotatable bonds is 4. The van der Waals surface area contributed by atoms with E-state index >= 15 is 0 Å². The smallest absolute Gasteiger partial charge is 0.111 e. The molecule has 3 nitrogen and oxygen atoms in total. The molecule has 1 atom stereocenters. The van der Waals surface area contributed by atoms with E-state index < -0.39 is 0 Å². The predicted molar refractivity (Wildman–Crippen MR) is 72.8 cm³/mol. The third-order valence-corrected chi connectivity index (χ3v) is 4.03. The van der Waals surface area contributed by atoms with E-state index in [9.17, 15) is 0 Å². The molecule has 2 rings (SSSR count). The quantitative estimate of drug-likeness (QED) is 0.926. The summed E-state index contributed by atoms with van der Waals surface area (Å²) in [5.74, 6) is 1.44.